The molecule has 0 saturated heterocycles. The summed E-state index contributed by atoms with van der Waals surface area (Å²) in [5.41, 5.74) is 1.06. The minimum atomic E-state index is -0.530. The zero-order valence-corrected chi connectivity index (χ0v) is 15.0. The lowest BCUT2D eigenvalue weighted by molar-refractivity contribution is 0.419. The molecule has 3 aromatic rings. The van der Waals surface area contributed by atoms with Crippen LogP contribution in [0, 0.1) is 6.92 Å². The first kappa shape index (κ1) is 16.7. The van der Waals surface area contributed by atoms with E-state index < -0.39 is 11.2 Å². The van der Waals surface area contributed by atoms with E-state index in [2.05, 4.69) is 36.1 Å². The van der Waals surface area contributed by atoms with Crippen LogP contribution in [0.1, 0.15) is 22.7 Å². The molecule has 2 aromatic heterocycles. The van der Waals surface area contributed by atoms with Gasteiger partial charge in [0, 0.05) is 21.5 Å². The topological polar surface area (TPSA) is 105 Å². The Morgan fingerprint density at radius 1 is 1.17 bits per heavy atom. The minimum absolute atomic E-state index is 0.170. The lowest BCUT2D eigenvalue weighted by atomic mass is 10.2. The normalized spacial score (nSPS) is 10.9. The van der Waals surface area contributed by atoms with Gasteiger partial charge in [0.05, 0.1) is 6.42 Å². The van der Waals surface area contributed by atoms with E-state index in [0.29, 0.717) is 28.1 Å². The highest BCUT2D eigenvalue weighted by atomic mass is 79.9. The maximum absolute atomic E-state index is 11.8. The number of nitrogens with one attached hydrogen (secondary N) is 2. The van der Waals surface area contributed by atoms with Crippen LogP contribution in [-0.2, 0) is 12.2 Å². The molecule has 0 aliphatic rings. The predicted molar refractivity (Wildman–Crippen MR) is 93.2 cm³/mol. The van der Waals surface area contributed by atoms with Gasteiger partial charge in [0.15, 0.2) is 0 Å². The predicted octanol–water partition coefficient (Wildman–Crippen LogP) is 2.40. The Morgan fingerprint density at radius 3 is 2.62 bits per heavy atom. The van der Waals surface area contributed by atoms with Gasteiger partial charge >= 0.3 is 5.69 Å². The van der Waals surface area contributed by atoms with E-state index in [-0.39, 0.29) is 6.42 Å². The van der Waals surface area contributed by atoms with Crippen molar-refractivity contribution in [1.82, 2.24) is 20.2 Å². The smallest absolute Gasteiger partial charge is 0.325 e. The van der Waals surface area contributed by atoms with Crippen LogP contribution in [0.3, 0.4) is 0 Å². The van der Waals surface area contributed by atoms with Crippen LogP contribution in [0.4, 0.5) is 0 Å². The van der Waals surface area contributed by atoms with Crippen LogP contribution in [0.5, 0.6) is 0 Å². The van der Waals surface area contributed by atoms with Gasteiger partial charge < -0.3 is 9.40 Å². The maximum Gasteiger partial charge on any atom is 0.325 e. The number of aromatic nitrogens is 4. The highest BCUT2D eigenvalue weighted by Gasteiger charge is 2.13. The first-order valence-electron chi connectivity index (χ1n) is 7.03. The summed E-state index contributed by atoms with van der Waals surface area (Å²) in [7, 11) is 0. The third-order valence-electron chi connectivity index (χ3n) is 3.31. The number of rotatable bonds is 5. The fourth-order valence-electron chi connectivity index (χ4n) is 2.08. The van der Waals surface area contributed by atoms with Crippen molar-refractivity contribution < 1.29 is 4.42 Å². The largest absolute Gasteiger partial charge is 0.416 e. The molecule has 2 N–H and O–H groups in total. The van der Waals surface area contributed by atoms with Gasteiger partial charge in [-0.2, -0.15) is 0 Å². The van der Waals surface area contributed by atoms with E-state index in [0.717, 1.165) is 10.0 Å². The third kappa shape index (κ3) is 4.04. The molecule has 0 bridgehead atoms. The molecule has 0 amide bonds. The Morgan fingerprint density at radius 2 is 1.92 bits per heavy atom. The van der Waals surface area contributed by atoms with Crippen molar-refractivity contribution in [2.75, 3.05) is 0 Å². The van der Waals surface area contributed by atoms with Crippen LogP contribution >= 0.6 is 27.7 Å². The summed E-state index contributed by atoms with van der Waals surface area (Å²) in [5.74, 6) is 1.03. The highest BCUT2D eigenvalue weighted by Crippen LogP contribution is 2.23. The molecule has 0 radical (unpaired) electrons. The van der Waals surface area contributed by atoms with Crippen LogP contribution in [-0.4, -0.2) is 20.2 Å². The van der Waals surface area contributed by atoms with Crippen molar-refractivity contribution >= 4 is 27.7 Å². The Hall–Kier alpha value is -2.13. The van der Waals surface area contributed by atoms with Crippen molar-refractivity contribution in [2.24, 2.45) is 0 Å². The molecule has 3 rings (SSSR count). The van der Waals surface area contributed by atoms with Crippen molar-refractivity contribution in [2.45, 2.75) is 24.3 Å². The van der Waals surface area contributed by atoms with Gasteiger partial charge in [-0.3, -0.25) is 9.78 Å². The number of aryl methyl sites for hydroxylation is 1. The maximum atomic E-state index is 11.8. The van der Waals surface area contributed by atoms with E-state index >= 15 is 0 Å². The monoisotopic (exact) mass is 408 g/mol. The molecule has 0 saturated carbocycles. The number of benzene rings is 1. The fourth-order valence-corrected chi connectivity index (χ4v) is 3.08. The van der Waals surface area contributed by atoms with Gasteiger partial charge in [0.2, 0.25) is 5.89 Å². The molecule has 2 heterocycles. The lowest BCUT2D eigenvalue weighted by Gasteiger charge is -2.00. The number of hydrogen-bond donors (Lipinski definition) is 2. The highest BCUT2D eigenvalue weighted by molar-refractivity contribution is 9.10. The summed E-state index contributed by atoms with van der Waals surface area (Å²) in [6.07, 6.45) is 0.170. The number of nitrogens with zero attached hydrogens (tertiary/aromatic N) is 2. The van der Waals surface area contributed by atoms with E-state index in [9.17, 15) is 9.59 Å². The first-order chi connectivity index (χ1) is 11.5. The molecule has 24 heavy (non-hydrogen) atoms. The van der Waals surface area contributed by atoms with E-state index in [1.165, 1.54) is 11.8 Å². The number of halogens is 1. The van der Waals surface area contributed by atoms with Crippen molar-refractivity contribution in [3.8, 4) is 0 Å². The van der Waals surface area contributed by atoms with Crippen LogP contribution in [0.2, 0.25) is 0 Å². The summed E-state index contributed by atoms with van der Waals surface area (Å²) in [6.45, 7) is 1.66. The van der Waals surface area contributed by atoms with Crippen LogP contribution in [0.25, 0.3) is 0 Å². The average Bonchev–Trinajstić information content (AvgIpc) is 2.98. The number of H-pyrrole nitrogens is 2. The second-order valence-corrected chi connectivity index (χ2v) is 6.91. The molecule has 0 unspecified atom stereocenters. The van der Waals surface area contributed by atoms with Crippen LogP contribution < -0.4 is 11.2 Å². The van der Waals surface area contributed by atoms with Crippen LogP contribution in [0.15, 0.2) is 48.0 Å². The van der Waals surface area contributed by atoms with Gasteiger partial charge in [-0.25, -0.2) is 4.79 Å². The number of hydrogen-bond acceptors (Lipinski definition) is 6. The minimum Gasteiger partial charge on any atom is -0.416 e. The van der Waals surface area contributed by atoms with Crippen molar-refractivity contribution in [1.29, 1.82) is 0 Å². The third-order valence-corrected chi connectivity index (χ3v) is 4.72. The molecule has 124 valence electrons. The number of aromatic amines is 2. The van der Waals surface area contributed by atoms with Gasteiger partial charge in [0.1, 0.15) is 0 Å². The quantitative estimate of drug-likeness (QED) is 0.627. The lowest BCUT2D eigenvalue weighted by Crippen LogP contribution is -2.27. The number of thioether (sulfide) groups is 1. The van der Waals surface area contributed by atoms with E-state index in [1.54, 1.807) is 6.92 Å². The van der Waals surface area contributed by atoms with Gasteiger partial charge in [-0.15, -0.1) is 10.2 Å². The summed E-state index contributed by atoms with van der Waals surface area (Å²) in [5, 5.41) is 8.36. The SMILES string of the molecule is Cc1[nH]c(=O)[nH]c(=O)c1Cc1nnc(SCc2ccc(Br)cc2)o1. The molecular formula is C15H13BrN4O3S. The molecule has 7 nitrogen and oxygen atoms in total. The molecule has 0 atom stereocenters. The summed E-state index contributed by atoms with van der Waals surface area (Å²) >= 11 is 4.82. The molecule has 0 aliphatic carbocycles. The summed E-state index contributed by atoms with van der Waals surface area (Å²) in [6, 6.07) is 7.97. The van der Waals surface area contributed by atoms with E-state index in [1.807, 2.05) is 24.3 Å². The Balaban J connectivity index is 1.69. The van der Waals surface area contributed by atoms with E-state index in [4.69, 9.17) is 4.42 Å². The average molecular weight is 409 g/mol. The molecule has 0 spiro atoms. The van der Waals surface area contributed by atoms with Crippen molar-refractivity contribution in [3.05, 3.63) is 72.3 Å². The molecule has 9 heteroatoms. The Bertz CT molecular complexity index is 962. The summed E-state index contributed by atoms with van der Waals surface area (Å²) < 4.78 is 6.59. The van der Waals surface area contributed by atoms with Gasteiger partial charge in [-0.05, 0) is 24.6 Å². The van der Waals surface area contributed by atoms with Gasteiger partial charge in [-0.1, -0.05) is 39.8 Å². The zero-order valence-electron chi connectivity index (χ0n) is 12.6. The molecule has 1 aromatic carbocycles. The molecule has 0 fully saturated rings. The Kier molecular flexibility index (Phi) is 5.00. The first-order valence-corrected chi connectivity index (χ1v) is 8.81. The second kappa shape index (κ2) is 7.18. The molecule has 0 aliphatic heterocycles. The summed E-state index contributed by atoms with van der Waals surface area (Å²) in [4.78, 5) is 27.8. The standard InChI is InChI=1S/C15H13BrN4O3S/c1-8-11(13(21)18-14(22)17-8)6-12-19-20-15(23-12)24-7-9-2-4-10(16)5-3-9/h2-5H,6-7H2,1H3,(H2,17,18,21,22). The fraction of sp³-hybridized carbons (Fsp3) is 0.200. The zero-order chi connectivity index (χ0) is 17.1. The molecular weight excluding hydrogens is 396 g/mol. The van der Waals surface area contributed by atoms with Crippen molar-refractivity contribution in [3.63, 3.8) is 0 Å². The second-order valence-electron chi connectivity index (χ2n) is 5.07. The Labute approximate surface area is 149 Å². The van der Waals surface area contributed by atoms with Gasteiger partial charge in [0.25, 0.3) is 10.8 Å².